The van der Waals surface area contributed by atoms with Crippen LogP contribution >= 0.6 is 0 Å². The summed E-state index contributed by atoms with van der Waals surface area (Å²) in [5.41, 5.74) is 32.6. The number of hydrogen-bond acceptors (Lipinski definition) is 28. The Morgan fingerprint density at radius 1 is 0.371 bits per heavy atom. The lowest BCUT2D eigenvalue weighted by Gasteiger charge is -2.03. The van der Waals surface area contributed by atoms with E-state index in [9.17, 15) is 33.7 Å². The summed E-state index contributed by atoms with van der Waals surface area (Å²) in [5, 5.41) is 35.1. The van der Waals surface area contributed by atoms with Gasteiger partial charge in [-0.3, -0.25) is 18.2 Å². The fourth-order valence-corrected chi connectivity index (χ4v) is 5.40. The van der Waals surface area contributed by atoms with Gasteiger partial charge < -0.3 is 79.4 Å². The molecule has 0 aromatic carbocycles. The molecule has 0 saturated carbocycles. The number of rotatable bonds is 10. The van der Waals surface area contributed by atoms with Gasteiger partial charge >= 0.3 is 0 Å². The van der Waals surface area contributed by atoms with Gasteiger partial charge in [-0.2, -0.15) is 33.7 Å². The second-order valence-corrected chi connectivity index (χ2v) is 20.4. The minimum atomic E-state index is -3.67. The van der Waals surface area contributed by atoms with E-state index in [1.165, 1.54) is 0 Å². The van der Waals surface area contributed by atoms with Crippen LogP contribution < -0.4 is 55.3 Å². The molecule has 5 atom stereocenters. The topological polar surface area (TPSA) is 516 Å². The Balaban J connectivity index is -0.000000356. The van der Waals surface area contributed by atoms with Gasteiger partial charge in [-0.25, -0.2) is 0 Å². The highest BCUT2D eigenvalue weighted by molar-refractivity contribution is 7.85. The van der Waals surface area contributed by atoms with Gasteiger partial charge in [0.2, 0.25) is 0 Å². The lowest BCUT2D eigenvalue weighted by Crippen LogP contribution is -2.22. The SMILES string of the molecule is CON=C1CNCC1CN.CON=C1CNCC1CN.CON=C1CNCC1CN.CON=C1CNCC1CN.CON=C1CNCC1CN.CS(=O)(=O)O.CS(=O)(=O)O.CS(=O)(=O)O.CS(=O)(=O)O. The van der Waals surface area contributed by atoms with E-state index < -0.39 is 40.5 Å². The Morgan fingerprint density at radius 2 is 0.486 bits per heavy atom. The first kappa shape index (κ1) is 73.1. The number of nitrogens with two attached hydrogens (primary N) is 5. The van der Waals surface area contributed by atoms with Crippen LogP contribution in [0, 0.1) is 29.6 Å². The maximum Gasteiger partial charge on any atom is 0.261 e. The van der Waals surface area contributed by atoms with Gasteiger partial charge in [0, 0.05) is 128 Å². The van der Waals surface area contributed by atoms with Crippen LogP contribution in [0.3, 0.4) is 0 Å². The molecule has 32 nitrogen and oxygen atoms in total. The molecule has 5 aliphatic heterocycles. The summed E-state index contributed by atoms with van der Waals surface area (Å²) in [6.45, 7) is 12.0. The standard InChI is InChI=1S/5C6H13N3O.4CH4O3S/c5*1-10-9-6-4-8-3-5(6)2-7;4*1-5(2,3)4/h5*5,8H,2-4,7H2,1H3;4*1H3,(H,2,3,4). The third kappa shape index (κ3) is 51.0. The molecule has 5 rings (SSSR count). The molecule has 5 heterocycles. The van der Waals surface area contributed by atoms with Gasteiger partial charge in [0.1, 0.15) is 35.5 Å². The summed E-state index contributed by atoms with van der Waals surface area (Å²) >= 11 is 0. The Labute approximate surface area is 413 Å². The van der Waals surface area contributed by atoms with E-state index in [-0.39, 0.29) is 0 Å². The lowest BCUT2D eigenvalue weighted by molar-refractivity contribution is 0.211. The largest absolute Gasteiger partial charge is 0.399 e. The van der Waals surface area contributed by atoms with Crippen molar-refractivity contribution >= 4 is 69.0 Å². The maximum absolute atomic E-state index is 9.19. The molecule has 5 fully saturated rings. The zero-order valence-electron chi connectivity index (χ0n) is 41.3. The molecule has 19 N–H and O–H groups in total. The number of nitrogens with one attached hydrogen (secondary N) is 5. The van der Waals surface area contributed by atoms with E-state index >= 15 is 0 Å². The lowest BCUT2D eigenvalue weighted by atomic mass is 10.1. The summed E-state index contributed by atoms with van der Waals surface area (Å²) in [5.74, 6) is 1.87. The molecule has 5 aliphatic rings. The van der Waals surface area contributed by atoms with Crippen LogP contribution in [0.5, 0.6) is 0 Å². The number of hydrogen-bond donors (Lipinski definition) is 14. The molecule has 36 heteroatoms. The summed E-state index contributed by atoms with van der Waals surface area (Å²) in [4.78, 5) is 23.3. The van der Waals surface area contributed by atoms with Crippen LogP contribution in [0.15, 0.2) is 25.8 Å². The quantitative estimate of drug-likeness (QED) is 0.0715. The molecular formula is C34H81N15O17S4. The smallest absolute Gasteiger partial charge is 0.261 e. The van der Waals surface area contributed by atoms with E-state index in [2.05, 4.69) is 76.6 Å². The molecule has 0 aromatic heterocycles. The number of nitrogens with zero attached hydrogens (tertiary/aromatic N) is 5. The van der Waals surface area contributed by atoms with Crippen LogP contribution in [0.25, 0.3) is 0 Å². The average molecular weight is 1100 g/mol. The minimum absolute atomic E-state index is 0.375. The second-order valence-electron chi connectivity index (χ2n) is 14.6. The van der Waals surface area contributed by atoms with Gasteiger partial charge in [-0.15, -0.1) is 0 Å². The van der Waals surface area contributed by atoms with Crippen LogP contribution in [0.2, 0.25) is 0 Å². The molecule has 0 spiro atoms. The molecule has 5 saturated heterocycles. The van der Waals surface area contributed by atoms with Gasteiger partial charge in [0.25, 0.3) is 40.5 Å². The average Bonchev–Trinajstić information content (AvgIpc) is 4.09. The maximum atomic E-state index is 9.19. The van der Waals surface area contributed by atoms with E-state index in [4.69, 9.17) is 46.9 Å². The van der Waals surface area contributed by atoms with Crippen molar-refractivity contribution in [3.63, 3.8) is 0 Å². The molecule has 0 aromatic rings. The molecule has 0 radical (unpaired) electrons. The van der Waals surface area contributed by atoms with Crippen molar-refractivity contribution in [3.8, 4) is 0 Å². The fraction of sp³-hybridized carbons (Fsp3) is 0.853. The van der Waals surface area contributed by atoms with Crippen LogP contribution in [0.1, 0.15) is 0 Å². The molecule has 0 bridgehead atoms. The Bertz CT molecular complexity index is 1640. The van der Waals surface area contributed by atoms with Gasteiger partial charge in [-0.05, 0) is 0 Å². The third-order valence-electron chi connectivity index (χ3n) is 8.31. The molecule has 70 heavy (non-hydrogen) atoms. The van der Waals surface area contributed by atoms with Crippen LogP contribution in [-0.4, -0.2) is 239 Å². The van der Waals surface area contributed by atoms with Crippen molar-refractivity contribution in [3.05, 3.63) is 0 Å². The van der Waals surface area contributed by atoms with E-state index in [0.29, 0.717) is 87.3 Å². The molecule has 0 amide bonds. The van der Waals surface area contributed by atoms with Crippen molar-refractivity contribution < 1.29 is 76.1 Å². The first-order valence-electron chi connectivity index (χ1n) is 20.6. The van der Waals surface area contributed by atoms with Crippen molar-refractivity contribution in [1.29, 1.82) is 0 Å². The highest BCUT2D eigenvalue weighted by Crippen LogP contribution is 2.06. The monoisotopic (exact) mass is 1100 g/mol. The summed E-state index contributed by atoms with van der Waals surface area (Å²) in [7, 11) is -6.89. The zero-order valence-corrected chi connectivity index (χ0v) is 44.6. The van der Waals surface area contributed by atoms with Crippen molar-refractivity contribution in [2.45, 2.75) is 0 Å². The predicted octanol–water partition coefficient (Wildman–Crippen LogP) is -6.15. The predicted molar refractivity (Wildman–Crippen MR) is 269 cm³/mol. The Kier molecular flexibility index (Phi) is 44.0. The first-order valence-corrected chi connectivity index (χ1v) is 28.0. The van der Waals surface area contributed by atoms with Crippen LogP contribution in [-0.2, 0) is 64.7 Å². The molecule has 5 unspecified atom stereocenters. The van der Waals surface area contributed by atoms with E-state index in [0.717, 1.165) is 94.0 Å². The molecule has 0 aliphatic carbocycles. The fourth-order valence-electron chi connectivity index (χ4n) is 5.40. The van der Waals surface area contributed by atoms with E-state index in [1.54, 1.807) is 35.5 Å². The van der Waals surface area contributed by atoms with Crippen molar-refractivity contribution in [2.75, 3.05) is 159 Å². The molecule has 418 valence electrons. The highest BCUT2D eigenvalue weighted by Gasteiger charge is 2.23. The summed E-state index contributed by atoms with van der Waals surface area (Å²) in [6, 6.07) is 0. The van der Waals surface area contributed by atoms with Crippen LogP contribution in [0.4, 0.5) is 0 Å². The third-order valence-corrected chi connectivity index (χ3v) is 8.31. The Hall–Kier alpha value is -3.41. The van der Waals surface area contributed by atoms with Gasteiger partial charge in [0.05, 0.1) is 53.6 Å². The normalized spacial score (nSPS) is 24.3. The highest BCUT2D eigenvalue weighted by atomic mass is 32.2. The minimum Gasteiger partial charge on any atom is -0.399 e. The molecular weight excluding hydrogens is 1020 g/mol. The van der Waals surface area contributed by atoms with Gasteiger partial charge in [0.15, 0.2) is 0 Å². The summed E-state index contributed by atoms with van der Waals surface area (Å²) < 4.78 is 103. The van der Waals surface area contributed by atoms with Crippen molar-refractivity contribution in [1.82, 2.24) is 26.6 Å². The summed E-state index contributed by atoms with van der Waals surface area (Å²) in [6.07, 6.45) is 2.86. The Morgan fingerprint density at radius 3 is 0.571 bits per heavy atom. The first-order chi connectivity index (χ1) is 32.4. The number of oxime groups is 5. The second kappa shape index (κ2) is 42.1. The van der Waals surface area contributed by atoms with Crippen molar-refractivity contribution in [2.24, 2.45) is 84.0 Å². The van der Waals surface area contributed by atoms with Gasteiger partial charge in [-0.1, -0.05) is 25.8 Å². The van der Waals surface area contributed by atoms with E-state index in [1.807, 2.05) is 0 Å². The zero-order chi connectivity index (χ0) is 55.0.